The number of nitrogens with one attached hydrogen (secondary N) is 1. The monoisotopic (exact) mass is 260 g/mol. The number of ether oxygens (including phenoxy) is 2. The number of rotatable bonds is 5. The maximum Gasteiger partial charge on any atom is 0.321 e. The highest BCUT2D eigenvalue weighted by Crippen LogP contribution is 2.28. The number of benzene rings is 1. The van der Waals surface area contributed by atoms with Gasteiger partial charge >= 0.3 is 6.01 Å². The number of aromatic nitrogens is 3. The average molecular weight is 260 g/mol. The van der Waals surface area contributed by atoms with Crippen molar-refractivity contribution >= 4 is 5.95 Å². The van der Waals surface area contributed by atoms with E-state index in [-0.39, 0.29) is 0 Å². The van der Waals surface area contributed by atoms with Crippen molar-refractivity contribution < 1.29 is 9.47 Å². The summed E-state index contributed by atoms with van der Waals surface area (Å²) < 4.78 is 10.7. The third-order valence-electron chi connectivity index (χ3n) is 2.46. The Labute approximate surface area is 111 Å². The summed E-state index contributed by atoms with van der Waals surface area (Å²) in [4.78, 5) is 12.7. The molecule has 100 valence electrons. The molecule has 0 saturated carbocycles. The van der Waals surface area contributed by atoms with Crippen LogP contribution in [0.15, 0.2) is 24.3 Å². The minimum absolute atomic E-state index is 0.294. The van der Waals surface area contributed by atoms with E-state index in [9.17, 15) is 0 Å². The van der Waals surface area contributed by atoms with Gasteiger partial charge in [-0.05, 0) is 19.1 Å². The Hall–Kier alpha value is -2.37. The van der Waals surface area contributed by atoms with Gasteiger partial charge in [0.15, 0.2) is 5.82 Å². The summed E-state index contributed by atoms with van der Waals surface area (Å²) in [5, 5.41) is 2.89. The first-order valence-electron chi connectivity index (χ1n) is 5.98. The van der Waals surface area contributed by atoms with Gasteiger partial charge in [0.25, 0.3) is 0 Å². The summed E-state index contributed by atoms with van der Waals surface area (Å²) in [7, 11) is 3.36. The SMILES string of the molecule is CCOc1nc(NC)nc(-c2ccccc2OC)n1. The third-order valence-corrected chi connectivity index (χ3v) is 2.46. The lowest BCUT2D eigenvalue weighted by Crippen LogP contribution is -2.05. The Morgan fingerprint density at radius 1 is 1.16 bits per heavy atom. The summed E-state index contributed by atoms with van der Waals surface area (Å²) in [6.45, 7) is 2.38. The second-order valence-corrected chi connectivity index (χ2v) is 3.65. The highest BCUT2D eigenvalue weighted by atomic mass is 16.5. The van der Waals surface area contributed by atoms with E-state index in [1.54, 1.807) is 14.2 Å². The first-order chi connectivity index (χ1) is 9.28. The predicted octanol–water partition coefficient (Wildman–Crippen LogP) is 1.99. The highest BCUT2D eigenvalue weighted by Gasteiger charge is 2.12. The Morgan fingerprint density at radius 2 is 1.95 bits per heavy atom. The molecule has 0 bridgehead atoms. The molecule has 0 aliphatic carbocycles. The molecule has 2 aromatic rings. The molecule has 1 N–H and O–H groups in total. The van der Waals surface area contributed by atoms with Crippen LogP contribution in [0.5, 0.6) is 11.8 Å². The zero-order valence-corrected chi connectivity index (χ0v) is 11.2. The fraction of sp³-hybridized carbons (Fsp3) is 0.308. The summed E-state index contributed by atoms with van der Waals surface area (Å²) >= 11 is 0. The molecule has 6 nitrogen and oxygen atoms in total. The quantitative estimate of drug-likeness (QED) is 0.886. The Kier molecular flexibility index (Phi) is 4.12. The Bertz CT molecular complexity index is 560. The summed E-state index contributed by atoms with van der Waals surface area (Å²) in [5.41, 5.74) is 0.796. The lowest BCUT2D eigenvalue weighted by Gasteiger charge is -2.09. The fourth-order valence-corrected chi connectivity index (χ4v) is 1.61. The van der Waals surface area contributed by atoms with E-state index in [4.69, 9.17) is 9.47 Å². The lowest BCUT2D eigenvalue weighted by atomic mass is 10.2. The second kappa shape index (κ2) is 5.99. The smallest absolute Gasteiger partial charge is 0.321 e. The van der Waals surface area contributed by atoms with Crippen molar-refractivity contribution in [3.05, 3.63) is 24.3 Å². The van der Waals surface area contributed by atoms with E-state index in [1.165, 1.54) is 0 Å². The number of para-hydroxylation sites is 1. The van der Waals surface area contributed by atoms with E-state index >= 15 is 0 Å². The van der Waals surface area contributed by atoms with E-state index in [0.29, 0.717) is 30.1 Å². The van der Waals surface area contributed by atoms with Crippen LogP contribution in [0.25, 0.3) is 11.4 Å². The average Bonchev–Trinajstić information content (AvgIpc) is 2.47. The van der Waals surface area contributed by atoms with Gasteiger partial charge in [0.1, 0.15) is 5.75 Å². The van der Waals surface area contributed by atoms with Gasteiger partial charge in [0, 0.05) is 7.05 Å². The van der Waals surface area contributed by atoms with Crippen molar-refractivity contribution in [2.45, 2.75) is 6.92 Å². The molecule has 0 saturated heterocycles. The van der Waals surface area contributed by atoms with Gasteiger partial charge in [-0.25, -0.2) is 0 Å². The first-order valence-corrected chi connectivity index (χ1v) is 5.98. The van der Waals surface area contributed by atoms with E-state index in [2.05, 4.69) is 20.3 Å². The molecule has 0 fully saturated rings. The van der Waals surface area contributed by atoms with Crippen molar-refractivity contribution in [3.63, 3.8) is 0 Å². The number of hydrogen-bond donors (Lipinski definition) is 1. The van der Waals surface area contributed by atoms with Crippen molar-refractivity contribution in [2.75, 3.05) is 26.1 Å². The lowest BCUT2D eigenvalue weighted by molar-refractivity contribution is 0.312. The molecule has 1 heterocycles. The minimum atomic E-state index is 0.294. The summed E-state index contributed by atoms with van der Waals surface area (Å²) in [6.07, 6.45) is 0. The van der Waals surface area contributed by atoms with E-state index in [1.807, 2.05) is 31.2 Å². The number of nitrogens with zero attached hydrogens (tertiary/aromatic N) is 3. The van der Waals surface area contributed by atoms with Gasteiger partial charge in [-0.2, -0.15) is 15.0 Å². The number of methoxy groups -OCH3 is 1. The van der Waals surface area contributed by atoms with E-state index in [0.717, 1.165) is 5.56 Å². The number of hydrogen-bond acceptors (Lipinski definition) is 6. The van der Waals surface area contributed by atoms with Crippen LogP contribution in [0, 0.1) is 0 Å². The predicted molar refractivity (Wildman–Crippen MR) is 72.5 cm³/mol. The molecule has 1 aromatic heterocycles. The van der Waals surface area contributed by atoms with Crippen LogP contribution in [-0.2, 0) is 0 Å². The third kappa shape index (κ3) is 2.90. The van der Waals surface area contributed by atoms with Crippen molar-refractivity contribution in [2.24, 2.45) is 0 Å². The highest BCUT2D eigenvalue weighted by molar-refractivity contribution is 5.64. The van der Waals surface area contributed by atoms with Gasteiger partial charge in [-0.1, -0.05) is 12.1 Å². The maximum absolute atomic E-state index is 5.34. The second-order valence-electron chi connectivity index (χ2n) is 3.65. The molecule has 6 heteroatoms. The van der Waals surface area contributed by atoms with Crippen LogP contribution in [-0.4, -0.2) is 35.7 Å². The van der Waals surface area contributed by atoms with Crippen LogP contribution in [0.4, 0.5) is 5.95 Å². The topological polar surface area (TPSA) is 69.2 Å². The molecule has 2 rings (SSSR count). The fourth-order valence-electron chi connectivity index (χ4n) is 1.61. The first kappa shape index (κ1) is 13.1. The molecular formula is C13H16N4O2. The van der Waals surface area contributed by atoms with Gasteiger partial charge in [-0.3, -0.25) is 0 Å². The van der Waals surface area contributed by atoms with Gasteiger partial charge < -0.3 is 14.8 Å². The zero-order chi connectivity index (χ0) is 13.7. The molecule has 0 atom stereocenters. The van der Waals surface area contributed by atoms with Gasteiger partial charge in [-0.15, -0.1) is 0 Å². The number of anilines is 1. The van der Waals surface area contributed by atoms with Crippen LogP contribution < -0.4 is 14.8 Å². The zero-order valence-electron chi connectivity index (χ0n) is 11.2. The molecular weight excluding hydrogens is 244 g/mol. The van der Waals surface area contributed by atoms with E-state index < -0.39 is 0 Å². The van der Waals surface area contributed by atoms with Crippen molar-refractivity contribution in [3.8, 4) is 23.1 Å². The van der Waals surface area contributed by atoms with Gasteiger partial charge in [0.05, 0.1) is 19.3 Å². The maximum atomic E-state index is 5.34. The largest absolute Gasteiger partial charge is 0.496 e. The minimum Gasteiger partial charge on any atom is -0.496 e. The normalized spacial score (nSPS) is 10.1. The van der Waals surface area contributed by atoms with Crippen LogP contribution in [0.1, 0.15) is 6.92 Å². The molecule has 0 amide bonds. The van der Waals surface area contributed by atoms with Crippen molar-refractivity contribution in [1.82, 2.24) is 15.0 Å². The van der Waals surface area contributed by atoms with Crippen LogP contribution in [0.3, 0.4) is 0 Å². The molecule has 0 radical (unpaired) electrons. The van der Waals surface area contributed by atoms with Crippen molar-refractivity contribution in [1.29, 1.82) is 0 Å². The van der Waals surface area contributed by atoms with Crippen LogP contribution in [0.2, 0.25) is 0 Å². The van der Waals surface area contributed by atoms with Gasteiger partial charge in [0.2, 0.25) is 5.95 Å². The Balaban J connectivity index is 2.51. The standard InChI is InChI=1S/C13H16N4O2/c1-4-19-13-16-11(15-12(14-2)17-13)9-7-5-6-8-10(9)18-3/h5-8H,4H2,1-3H3,(H,14,15,16,17). The molecule has 19 heavy (non-hydrogen) atoms. The molecule has 0 aliphatic rings. The molecule has 0 unspecified atom stereocenters. The molecule has 0 spiro atoms. The summed E-state index contributed by atoms with van der Waals surface area (Å²) in [6, 6.07) is 7.84. The Morgan fingerprint density at radius 3 is 2.63 bits per heavy atom. The summed E-state index contributed by atoms with van der Waals surface area (Å²) in [5.74, 6) is 1.68. The molecule has 1 aromatic carbocycles. The molecule has 0 aliphatic heterocycles. The van der Waals surface area contributed by atoms with Crippen LogP contribution >= 0.6 is 0 Å².